The number of rotatable bonds is 3. The van der Waals surface area contributed by atoms with E-state index in [1.165, 1.54) is 0 Å². The predicted octanol–water partition coefficient (Wildman–Crippen LogP) is 0.0851. The van der Waals surface area contributed by atoms with Crippen molar-refractivity contribution in [3.05, 3.63) is 0 Å². The molecule has 2 atom stereocenters. The lowest BCUT2D eigenvalue weighted by Gasteiger charge is -2.45. The Hall–Kier alpha value is -0.220. The topological polar surface area (TPSA) is 40.5 Å². The van der Waals surface area contributed by atoms with Gasteiger partial charge in [-0.2, -0.15) is 0 Å². The van der Waals surface area contributed by atoms with Gasteiger partial charge in [0.05, 0.1) is 5.25 Å². The summed E-state index contributed by atoms with van der Waals surface area (Å²) in [5, 5.41) is 9.56. The Kier molecular flexibility index (Phi) is 2.28. The number of aliphatic hydroxyl groups excluding tert-OH is 1. The van der Waals surface area contributed by atoms with E-state index in [4.69, 9.17) is 5.11 Å². The van der Waals surface area contributed by atoms with E-state index in [1.54, 1.807) is 11.8 Å². The van der Waals surface area contributed by atoms with Gasteiger partial charge in [0.2, 0.25) is 5.91 Å². The second-order valence-electron chi connectivity index (χ2n) is 3.34. The lowest BCUT2D eigenvalue weighted by molar-refractivity contribution is -0.133. The quantitative estimate of drug-likeness (QED) is 0.680. The van der Waals surface area contributed by atoms with Crippen molar-refractivity contribution in [2.45, 2.75) is 23.3 Å². The minimum Gasteiger partial charge on any atom is -0.396 e. The van der Waals surface area contributed by atoms with Crippen molar-refractivity contribution in [1.29, 1.82) is 0 Å². The first-order valence-electron chi connectivity index (χ1n) is 4.36. The molecule has 0 aromatic heterocycles. The number of nitrogens with zero attached hydrogens (tertiary/aromatic N) is 1. The van der Waals surface area contributed by atoms with Crippen molar-refractivity contribution < 1.29 is 9.90 Å². The van der Waals surface area contributed by atoms with Crippen LogP contribution in [0.4, 0.5) is 0 Å². The summed E-state index contributed by atoms with van der Waals surface area (Å²) in [5.41, 5.74) is 0. The number of carbonyl (C=O) groups is 1. The number of aliphatic hydroxyl groups is 1. The fourth-order valence-electron chi connectivity index (χ4n) is 1.74. The van der Waals surface area contributed by atoms with Crippen LogP contribution in [0, 0.1) is 0 Å². The highest BCUT2D eigenvalue weighted by atomic mass is 32.2. The molecule has 0 radical (unpaired) electrons. The van der Waals surface area contributed by atoms with E-state index < -0.39 is 0 Å². The lowest BCUT2D eigenvalue weighted by Crippen LogP contribution is -2.55. The average Bonchev–Trinajstić information content (AvgIpc) is 2.00. The summed E-state index contributed by atoms with van der Waals surface area (Å²) in [6.45, 7) is 1.83. The summed E-state index contributed by atoms with van der Waals surface area (Å²) < 4.78 is 0. The smallest absolute Gasteiger partial charge is 0.235 e. The van der Waals surface area contributed by atoms with Gasteiger partial charge in [-0.05, 0) is 12.8 Å². The number of hydrogen-bond donors (Lipinski definition) is 1. The van der Waals surface area contributed by atoms with E-state index in [-0.39, 0.29) is 17.8 Å². The van der Waals surface area contributed by atoms with Crippen LogP contribution >= 0.6 is 11.8 Å². The second-order valence-corrected chi connectivity index (χ2v) is 4.85. The highest BCUT2D eigenvalue weighted by Crippen LogP contribution is 2.42. The van der Waals surface area contributed by atoms with Crippen LogP contribution in [0.5, 0.6) is 0 Å². The van der Waals surface area contributed by atoms with Crippen molar-refractivity contribution in [1.82, 2.24) is 4.90 Å². The summed E-state index contributed by atoms with van der Waals surface area (Å²) in [4.78, 5) is 13.4. The van der Waals surface area contributed by atoms with Crippen molar-refractivity contribution in [3.8, 4) is 0 Å². The standard InChI is InChI=1S/C8H13NO2S/c10-3-1-2-9-5-6-4-7(12-6)8(9)11/h6-7,10H,1-5H2. The summed E-state index contributed by atoms with van der Waals surface area (Å²) in [6, 6.07) is 0. The summed E-state index contributed by atoms with van der Waals surface area (Å²) in [6.07, 6.45) is 1.80. The molecule has 2 unspecified atom stereocenters. The maximum absolute atomic E-state index is 11.5. The van der Waals surface area contributed by atoms with Crippen LogP contribution in [-0.2, 0) is 4.79 Å². The Morgan fingerprint density at radius 1 is 1.67 bits per heavy atom. The van der Waals surface area contributed by atoms with Crippen LogP contribution in [0.1, 0.15) is 12.8 Å². The number of hydrogen-bond acceptors (Lipinski definition) is 3. The first-order valence-corrected chi connectivity index (χ1v) is 5.30. The van der Waals surface area contributed by atoms with Crippen molar-refractivity contribution >= 4 is 17.7 Å². The Labute approximate surface area is 76.1 Å². The van der Waals surface area contributed by atoms with E-state index in [2.05, 4.69) is 0 Å². The first kappa shape index (κ1) is 8.38. The van der Waals surface area contributed by atoms with Crippen LogP contribution in [0.2, 0.25) is 0 Å². The molecule has 3 saturated heterocycles. The normalized spacial score (nSPS) is 33.4. The van der Waals surface area contributed by atoms with E-state index in [1.807, 2.05) is 4.90 Å². The van der Waals surface area contributed by atoms with E-state index in [0.29, 0.717) is 5.25 Å². The Morgan fingerprint density at radius 2 is 2.42 bits per heavy atom. The SMILES string of the molecule is O=C1C2CC(CN1CCCO)S2. The second kappa shape index (κ2) is 3.26. The first-order chi connectivity index (χ1) is 5.81. The molecule has 1 N–H and O–H groups in total. The van der Waals surface area contributed by atoms with Gasteiger partial charge < -0.3 is 10.0 Å². The zero-order valence-corrected chi connectivity index (χ0v) is 7.72. The van der Waals surface area contributed by atoms with Crippen LogP contribution in [0.25, 0.3) is 0 Å². The molecule has 0 aliphatic carbocycles. The molecule has 3 nitrogen and oxygen atoms in total. The summed E-state index contributed by atoms with van der Waals surface area (Å²) >= 11 is 1.81. The maximum atomic E-state index is 11.5. The van der Waals surface area contributed by atoms with Gasteiger partial charge in [0.1, 0.15) is 0 Å². The van der Waals surface area contributed by atoms with Crippen molar-refractivity contribution in [3.63, 3.8) is 0 Å². The van der Waals surface area contributed by atoms with E-state index >= 15 is 0 Å². The van der Waals surface area contributed by atoms with Crippen LogP contribution in [-0.4, -0.2) is 46.1 Å². The average molecular weight is 187 g/mol. The monoisotopic (exact) mass is 187 g/mol. The van der Waals surface area contributed by atoms with Gasteiger partial charge in [0.25, 0.3) is 0 Å². The van der Waals surface area contributed by atoms with Gasteiger partial charge >= 0.3 is 0 Å². The van der Waals surface area contributed by atoms with Gasteiger partial charge in [-0.1, -0.05) is 0 Å². The Balaban J connectivity index is 1.86. The highest BCUT2D eigenvalue weighted by molar-refractivity contribution is 8.02. The third-order valence-corrected chi connectivity index (χ3v) is 3.88. The molecule has 12 heavy (non-hydrogen) atoms. The largest absolute Gasteiger partial charge is 0.396 e. The molecular weight excluding hydrogens is 174 g/mol. The fourth-order valence-corrected chi connectivity index (χ4v) is 3.02. The van der Waals surface area contributed by atoms with Gasteiger partial charge in [-0.3, -0.25) is 4.79 Å². The molecule has 3 aliphatic heterocycles. The maximum Gasteiger partial charge on any atom is 0.235 e. The third kappa shape index (κ3) is 1.33. The summed E-state index contributed by atoms with van der Waals surface area (Å²) in [5.74, 6) is 0.288. The zero-order chi connectivity index (χ0) is 8.55. The third-order valence-electron chi connectivity index (χ3n) is 2.43. The van der Waals surface area contributed by atoms with Crippen molar-refractivity contribution in [2.24, 2.45) is 0 Å². The molecule has 68 valence electrons. The molecule has 4 heteroatoms. The molecule has 3 rings (SSSR count). The van der Waals surface area contributed by atoms with E-state index in [0.717, 1.165) is 25.9 Å². The molecule has 3 aliphatic rings. The number of thioether (sulfide) groups is 1. The van der Waals surface area contributed by atoms with Crippen molar-refractivity contribution in [2.75, 3.05) is 19.7 Å². The zero-order valence-electron chi connectivity index (χ0n) is 6.90. The van der Waals surface area contributed by atoms with Gasteiger partial charge in [-0.25, -0.2) is 0 Å². The molecule has 3 heterocycles. The van der Waals surface area contributed by atoms with E-state index in [9.17, 15) is 4.79 Å². The molecule has 1 amide bonds. The van der Waals surface area contributed by atoms with Gasteiger partial charge in [0, 0.05) is 24.9 Å². The number of fused-ring (bicyclic) bond motifs is 2. The molecule has 2 bridgehead atoms. The minimum atomic E-state index is 0.187. The fraction of sp³-hybridized carbons (Fsp3) is 0.875. The van der Waals surface area contributed by atoms with Crippen LogP contribution in [0.15, 0.2) is 0 Å². The van der Waals surface area contributed by atoms with Gasteiger partial charge in [0.15, 0.2) is 0 Å². The molecule has 3 fully saturated rings. The molecular formula is C8H13NO2S. The Bertz CT molecular complexity index is 191. The number of amides is 1. The molecule has 0 saturated carbocycles. The Morgan fingerprint density at radius 3 is 3.00 bits per heavy atom. The number of carbonyl (C=O) groups excluding carboxylic acids is 1. The van der Waals surface area contributed by atoms with Gasteiger partial charge in [-0.15, -0.1) is 11.8 Å². The van der Waals surface area contributed by atoms with Crippen LogP contribution < -0.4 is 0 Å². The molecule has 0 aromatic rings. The predicted molar refractivity (Wildman–Crippen MR) is 48.1 cm³/mol. The molecule has 0 spiro atoms. The molecule has 0 aromatic carbocycles. The highest BCUT2D eigenvalue weighted by Gasteiger charge is 2.43. The minimum absolute atomic E-state index is 0.187. The van der Waals surface area contributed by atoms with Crippen LogP contribution in [0.3, 0.4) is 0 Å². The summed E-state index contributed by atoms with van der Waals surface area (Å²) in [7, 11) is 0. The number of piperidine rings is 1. The lowest BCUT2D eigenvalue weighted by atomic mass is 10.1.